The fourth-order valence-electron chi connectivity index (χ4n) is 2.82. The van der Waals surface area contributed by atoms with Crippen molar-refractivity contribution in [3.63, 3.8) is 0 Å². The van der Waals surface area contributed by atoms with Gasteiger partial charge in [-0.2, -0.15) is 5.10 Å². The van der Waals surface area contributed by atoms with Crippen LogP contribution in [0.3, 0.4) is 0 Å². The summed E-state index contributed by atoms with van der Waals surface area (Å²) in [5.74, 6) is -0.665. The van der Waals surface area contributed by atoms with Crippen LogP contribution >= 0.6 is 0 Å². The van der Waals surface area contributed by atoms with Gasteiger partial charge in [-0.1, -0.05) is 19.8 Å². The highest BCUT2D eigenvalue weighted by atomic mass is 19.1. The van der Waals surface area contributed by atoms with E-state index in [0.717, 1.165) is 35.7 Å². The van der Waals surface area contributed by atoms with Gasteiger partial charge in [0.15, 0.2) is 0 Å². The summed E-state index contributed by atoms with van der Waals surface area (Å²) >= 11 is 0. The summed E-state index contributed by atoms with van der Waals surface area (Å²) in [5, 5.41) is 7.46. The number of hydrazone groups is 1. The van der Waals surface area contributed by atoms with Crippen molar-refractivity contribution in [2.24, 2.45) is 5.10 Å². The number of nitrogens with one attached hydrogen (secondary N) is 3. The lowest BCUT2D eigenvalue weighted by molar-refractivity contribution is 0.0735. The Labute approximate surface area is 173 Å². The van der Waals surface area contributed by atoms with E-state index in [4.69, 9.17) is 4.74 Å². The van der Waals surface area contributed by atoms with E-state index in [9.17, 15) is 14.0 Å². The van der Waals surface area contributed by atoms with Crippen LogP contribution in [0.4, 0.5) is 9.18 Å². The van der Waals surface area contributed by atoms with E-state index in [-0.39, 0.29) is 11.6 Å². The topological polar surface area (TPSA) is 95.6 Å². The molecular weight excluding hydrogens is 387 g/mol. The number of benzene rings is 2. The second-order valence-electron chi connectivity index (χ2n) is 6.68. The number of ether oxygens (including phenoxy) is 1. The van der Waals surface area contributed by atoms with Gasteiger partial charge >= 0.3 is 12.0 Å². The molecule has 2 amide bonds. The molecule has 7 nitrogen and oxygen atoms in total. The number of aromatic nitrogens is 1. The summed E-state index contributed by atoms with van der Waals surface area (Å²) in [6.07, 6.45) is 6.32. The Morgan fingerprint density at radius 2 is 1.97 bits per heavy atom. The zero-order chi connectivity index (χ0) is 21.3. The number of fused-ring (bicyclic) bond motifs is 1. The van der Waals surface area contributed by atoms with Crippen molar-refractivity contribution >= 4 is 29.1 Å². The van der Waals surface area contributed by atoms with Crippen LogP contribution in [0.25, 0.3) is 10.9 Å². The average Bonchev–Trinajstić information content (AvgIpc) is 3.14. The lowest BCUT2D eigenvalue weighted by Gasteiger charge is -2.05. The highest BCUT2D eigenvalue weighted by Crippen LogP contribution is 2.23. The van der Waals surface area contributed by atoms with E-state index in [0.29, 0.717) is 12.3 Å². The molecule has 1 heterocycles. The van der Waals surface area contributed by atoms with Crippen molar-refractivity contribution < 1.29 is 18.7 Å². The van der Waals surface area contributed by atoms with Crippen LogP contribution in [0.15, 0.2) is 53.8 Å². The maximum Gasteiger partial charge on any atom is 0.343 e. The summed E-state index contributed by atoms with van der Waals surface area (Å²) in [6.45, 7) is 2.70. The van der Waals surface area contributed by atoms with Gasteiger partial charge in [0.1, 0.15) is 11.6 Å². The van der Waals surface area contributed by atoms with E-state index >= 15 is 0 Å². The number of hydrogen-bond acceptors (Lipinski definition) is 4. The molecule has 0 unspecified atom stereocenters. The molecule has 3 rings (SSSR count). The lowest BCUT2D eigenvalue weighted by Crippen LogP contribution is -2.32. The first-order valence-corrected chi connectivity index (χ1v) is 9.72. The standard InChI is InChI=1S/C22H23FN4O3/c1-2-3-4-11-24-22(29)27-26-14-16-13-25-20-10-9-18(12-19(16)20)30-21(28)15-5-7-17(23)8-6-15/h5-10,12-14,25H,2-4,11H2,1H3,(H2,24,27,29)/b26-14+. The largest absolute Gasteiger partial charge is 0.423 e. The van der Waals surface area contributed by atoms with E-state index in [2.05, 4.69) is 27.8 Å². The third-order valence-electron chi connectivity index (χ3n) is 4.41. The van der Waals surface area contributed by atoms with Gasteiger partial charge in [0.2, 0.25) is 0 Å². The Hall–Kier alpha value is -3.68. The predicted molar refractivity (Wildman–Crippen MR) is 113 cm³/mol. The summed E-state index contributed by atoms with van der Waals surface area (Å²) in [6, 6.07) is 9.89. The fourth-order valence-corrected chi connectivity index (χ4v) is 2.82. The predicted octanol–water partition coefficient (Wildman–Crippen LogP) is 4.35. The van der Waals surface area contributed by atoms with Crippen LogP contribution in [0, 0.1) is 5.82 Å². The number of amides is 2. The minimum atomic E-state index is -0.582. The number of unbranched alkanes of at least 4 members (excludes halogenated alkanes) is 2. The number of aromatic amines is 1. The number of halogens is 1. The molecule has 0 fully saturated rings. The maximum absolute atomic E-state index is 13.0. The van der Waals surface area contributed by atoms with E-state index in [1.54, 1.807) is 24.4 Å². The molecule has 8 heteroatoms. The number of carbonyl (C=O) groups excluding carboxylic acids is 2. The quantitative estimate of drug-likeness (QED) is 0.169. The van der Waals surface area contributed by atoms with Gasteiger partial charge in [-0.25, -0.2) is 19.4 Å². The highest BCUT2D eigenvalue weighted by molar-refractivity contribution is 6.00. The Bertz CT molecular complexity index is 1040. The fraction of sp³-hybridized carbons (Fsp3) is 0.227. The summed E-state index contributed by atoms with van der Waals surface area (Å²) in [5.41, 5.74) is 4.22. The molecule has 30 heavy (non-hydrogen) atoms. The van der Waals surface area contributed by atoms with Gasteiger partial charge in [0.05, 0.1) is 11.8 Å². The molecule has 0 saturated heterocycles. The van der Waals surface area contributed by atoms with Gasteiger partial charge in [0.25, 0.3) is 0 Å². The van der Waals surface area contributed by atoms with Gasteiger partial charge in [-0.05, 0) is 48.9 Å². The third-order valence-corrected chi connectivity index (χ3v) is 4.41. The highest BCUT2D eigenvalue weighted by Gasteiger charge is 2.10. The SMILES string of the molecule is CCCCCNC(=O)N/N=C/c1c[nH]c2ccc(OC(=O)c3ccc(F)cc3)cc12. The second-order valence-corrected chi connectivity index (χ2v) is 6.68. The van der Waals surface area contributed by atoms with Crippen molar-refractivity contribution in [1.82, 2.24) is 15.7 Å². The molecule has 0 aliphatic carbocycles. The number of rotatable bonds is 8. The minimum absolute atomic E-state index is 0.251. The van der Waals surface area contributed by atoms with Gasteiger partial charge < -0.3 is 15.0 Å². The molecule has 0 saturated carbocycles. The number of hydrogen-bond donors (Lipinski definition) is 3. The molecule has 156 valence electrons. The monoisotopic (exact) mass is 410 g/mol. The summed E-state index contributed by atoms with van der Waals surface area (Å²) < 4.78 is 18.4. The van der Waals surface area contributed by atoms with Crippen LogP contribution in [0.5, 0.6) is 5.75 Å². The zero-order valence-corrected chi connectivity index (χ0v) is 16.6. The van der Waals surface area contributed by atoms with Crippen LogP contribution in [0.2, 0.25) is 0 Å². The Balaban J connectivity index is 1.63. The number of nitrogens with zero attached hydrogens (tertiary/aromatic N) is 1. The molecule has 0 radical (unpaired) electrons. The normalized spacial score (nSPS) is 11.0. The molecule has 0 aliphatic heterocycles. The van der Waals surface area contributed by atoms with Crippen LogP contribution in [-0.4, -0.2) is 29.7 Å². The lowest BCUT2D eigenvalue weighted by atomic mass is 10.2. The molecule has 2 aromatic carbocycles. The average molecular weight is 410 g/mol. The number of esters is 1. The minimum Gasteiger partial charge on any atom is -0.423 e. The molecule has 0 spiro atoms. The van der Waals surface area contributed by atoms with E-state index in [1.165, 1.54) is 30.5 Å². The van der Waals surface area contributed by atoms with Crippen LogP contribution in [-0.2, 0) is 0 Å². The van der Waals surface area contributed by atoms with Gasteiger partial charge in [-0.15, -0.1) is 0 Å². The van der Waals surface area contributed by atoms with Gasteiger partial charge in [-0.3, -0.25) is 0 Å². The van der Waals surface area contributed by atoms with Crippen molar-refractivity contribution in [1.29, 1.82) is 0 Å². The smallest absolute Gasteiger partial charge is 0.343 e. The maximum atomic E-state index is 13.0. The molecule has 0 aliphatic rings. The van der Waals surface area contributed by atoms with Crippen LogP contribution in [0.1, 0.15) is 42.1 Å². The van der Waals surface area contributed by atoms with E-state index < -0.39 is 11.8 Å². The molecule has 1 aromatic heterocycles. The molecule has 3 N–H and O–H groups in total. The first-order valence-electron chi connectivity index (χ1n) is 9.72. The van der Waals surface area contributed by atoms with Crippen molar-refractivity contribution in [2.75, 3.05) is 6.54 Å². The number of urea groups is 1. The van der Waals surface area contributed by atoms with Crippen LogP contribution < -0.4 is 15.5 Å². The molecule has 3 aromatic rings. The summed E-state index contributed by atoms with van der Waals surface area (Å²) in [7, 11) is 0. The van der Waals surface area contributed by atoms with Crippen molar-refractivity contribution in [3.8, 4) is 5.75 Å². The third kappa shape index (κ3) is 5.66. The van der Waals surface area contributed by atoms with Gasteiger partial charge in [0, 0.05) is 29.2 Å². The molecule has 0 bridgehead atoms. The molecule has 0 atom stereocenters. The second kappa shape index (κ2) is 10.2. The first kappa shape index (κ1) is 21.0. The Kier molecular flexibility index (Phi) is 7.15. The Morgan fingerprint density at radius 3 is 2.73 bits per heavy atom. The number of H-pyrrole nitrogens is 1. The summed E-state index contributed by atoms with van der Waals surface area (Å²) in [4.78, 5) is 27.0. The van der Waals surface area contributed by atoms with Crippen molar-refractivity contribution in [2.45, 2.75) is 26.2 Å². The zero-order valence-electron chi connectivity index (χ0n) is 16.6. The Morgan fingerprint density at radius 1 is 1.17 bits per heavy atom. The first-order chi connectivity index (χ1) is 14.6. The number of carbonyl (C=O) groups is 2. The van der Waals surface area contributed by atoms with E-state index in [1.807, 2.05) is 0 Å². The van der Waals surface area contributed by atoms with Crippen molar-refractivity contribution in [3.05, 3.63) is 65.6 Å². The molecular formula is C22H23FN4O3.